The van der Waals surface area contributed by atoms with Crippen molar-refractivity contribution in [3.05, 3.63) is 65.2 Å². The number of nitrogens with one attached hydrogen (secondary N) is 2. The van der Waals surface area contributed by atoms with Crippen molar-refractivity contribution in [1.29, 1.82) is 0 Å². The highest BCUT2D eigenvalue weighted by molar-refractivity contribution is 5.98. The van der Waals surface area contributed by atoms with E-state index in [0.717, 1.165) is 18.4 Å². The average molecular weight is 450 g/mol. The molecule has 1 unspecified atom stereocenters. The third kappa shape index (κ3) is 5.72. The molecule has 1 aliphatic heterocycles. The fourth-order valence-corrected chi connectivity index (χ4v) is 4.28. The van der Waals surface area contributed by atoms with Gasteiger partial charge in [0.05, 0.1) is 7.11 Å². The van der Waals surface area contributed by atoms with E-state index in [1.807, 2.05) is 36.1 Å². The van der Waals surface area contributed by atoms with Crippen molar-refractivity contribution in [3.63, 3.8) is 0 Å². The van der Waals surface area contributed by atoms with Crippen LogP contribution in [-0.4, -0.2) is 54.9 Å². The smallest absolute Gasteiger partial charge is 0.253 e. The molecule has 1 heterocycles. The summed E-state index contributed by atoms with van der Waals surface area (Å²) in [6, 6.07) is 14.0. The van der Waals surface area contributed by atoms with Crippen molar-refractivity contribution in [2.24, 2.45) is 5.92 Å². The van der Waals surface area contributed by atoms with Gasteiger partial charge < -0.3 is 20.3 Å². The van der Waals surface area contributed by atoms with Crippen LogP contribution >= 0.6 is 0 Å². The Bertz CT molecular complexity index is 1010. The quantitative estimate of drug-likeness (QED) is 0.680. The normalized spacial score (nSPS) is 17.2. The number of piperidine rings is 1. The van der Waals surface area contributed by atoms with E-state index >= 15 is 0 Å². The molecule has 33 heavy (non-hydrogen) atoms. The molecule has 4 rings (SSSR count). The summed E-state index contributed by atoms with van der Waals surface area (Å²) in [5.41, 5.74) is 2.21. The molecule has 2 aliphatic rings. The van der Waals surface area contributed by atoms with E-state index in [-0.39, 0.29) is 29.7 Å². The number of hydrogen-bond donors (Lipinski definition) is 2. The van der Waals surface area contributed by atoms with Gasteiger partial charge in [-0.1, -0.05) is 17.7 Å². The van der Waals surface area contributed by atoms with Crippen LogP contribution < -0.4 is 15.4 Å². The second kappa shape index (κ2) is 10.1. The van der Waals surface area contributed by atoms with Crippen molar-refractivity contribution in [2.45, 2.75) is 44.7 Å². The molecule has 174 valence electrons. The number of nitrogens with zero attached hydrogens (tertiary/aromatic N) is 1. The Morgan fingerprint density at radius 1 is 0.970 bits per heavy atom. The lowest BCUT2D eigenvalue weighted by Gasteiger charge is -2.36. The highest BCUT2D eigenvalue weighted by Crippen LogP contribution is 2.25. The largest absolute Gasteiger partial charge is 0.497 e. The Kier molecular flexibility index (Phi) is 6.96. The van der Waals surface area contributed by atoms with Gasteiger partial charge in [-0.25, -0.2) is 0 Å². The van der Waals surface area contributed by atoms with Gasteiger partial charge in [0.15, 0.2) is 0 Å². The summed E-state index contributed by atoms with van der Waals surface area (Å²) in [5.74, 6) is 0.223. The minimum absolute atomic E-state index is 0.0124. The minimum Gasteiger partial charge on any atom is -0.497 e. The highest BCUT2D eigenvalue weighted by atomic mass is 16.5. The number of carbonyl (C=O) groups excluding carboxylic acids is 3. The fraction of sp³-hybridized carbons (Fsp3) is 0.423. The molecule has 2 aromatic carbocycles. The van der Waals surface area contributed by atoms with Crippen LogP contribution in [0.15, 0.2) is 48.5 Å². The third-order valence-corrected chi connectivity index (χ3v) is 6.41. The van der Waals surface area contributed by atoms with Crippen LogP contribution in [0.3, 0.4) is 0 Å². The lowest BCUT2D eigenvalue weighted by molar-refractivity contribution is -0.124. The summed E-state index contributed by atoms with van der Waals surface area (Å²) >= 11 is 0. The Morgan fingerprint density at radius 3 is 2.27 bits per heavy atom. The van der Waals surface area contributed by atoms with Crippen LogP contribution in [0.4, 0.5) is 0 Å². The van der Waals surface area contributed by atoms with Crippen LogP contribution in [-0.2, 0) is 4.79 Å². The zero-order valence-corrected chi connectivity index (χ0v) is 19.2. The molecule has 0 aromatic heterocycles. The predicted octanol–water partition coefficient (Wildman–Crippen LogP) is 2.93. The Morgan fingerprint density at radius 2 is 1.67 bits per heavy atom. The van der Waals surface area contributed by atoms with Gasteiger partial charge >= 0.3 is 0 Å². The minimum atomic E-state index is -0.628. The van der Waals surface area contributed by atoms with Crippen molar-refractivity contribution in [1.82, 2.24) is 15.5 Å². The van der Waals surface area contributed by atoms with Crippen molar-refractivity contribution in [3.8, 4) is 5.75 Å². The Hall–Kier alpha value is -3.35. The van der Waals surface area contributed by atoms with Gasteiger partial charge in [-0.15, -0.1) is 0 Å². The van der Waals surface area contributed by atoms with Crippen LogP contribution in [0.5, 0.6) is 5.75 Å². The van der Waals surface area contributed by atoms with Gasteiger partial charge in [-0.05, 0) is 74.9 Å². The van der Waals surface area contributed by atoms with Gasteiger partial charge in [0.1, 0.15) is 11.8 Å². The molecular weight excluding hydrogens is 418 g/mol. The topological polar surface area (TPSA) is 87.7 Å². The summed E-state index contributed by atoms with van der Waals surface area (Å²) in [6.07, 6.45) is 3.27. The average Bonchev–Trinajstić information content (AvgIpc) is 3.66. The number of benzene rings is 2. The first-order valence-electron chi connectivity index (χ1n) is 11.6. The van der Waals surface area contributed by atoms with Crippen LogP contribution in [0.2, 0.25) is 0 Å². The van der Waals surface area contributed by atoms with E-state index in [2.05, 4.69) is 10.6 Å². The van der Waals surface area contributed by atoms with E-state index < -0.39 is 6.04 Å². The summed E-state index contributed by atoms with van der Waals surface area (Å²) < 4.78 is 5.15. The molecule has 1 aliphatic carbocycles. The molecule has 1 saturated carbocycles. The standard InChI is InChI=1S/C26H31N3O4/c1-17-4-3-5-20(16-17)26(32)29-14-12-18(13-15-29)23(25(31)27-21-8-9-21)28-24(30)19-6-10-22(33-2)11-7-19/h3-7,10-11,16,18,21,23H,8-9,12-15H2,1-2H3,(H,27,31)(H,28,30). The monoisotopic (exact) mass is 449 g/mol. The van der Waals surface area contributed by atoms with Crippen LogP contribution in [0.1, 0.15) is 52.0 Å². The zero-order valence-electron chi connectivity index (χ0n) is 19.2. The second-order valence-electron chi connectivity index (χ2n) is 8.96. The van der Waals surface area contributed by atoms with Gasteiger partial charge in [0.25, 0.3) is 11.8 Å². The summed E-state index contributed by atoms with van der Waals surface area (Å²) in [5, 5.41) is 6.00. The van der Waals surface area contributed by atoms with E-state index in [0.29, 0.717) is 42.8 Å². The van der Waals surface area contributed by atoms with Crippen molar-refractivity contribution >= 4 is 17.7 Å². The molecule has 0 spiro atoms. The molecule has 7 nitrogen and oxygen atoms in total. The maximum absolute atomic E-state index is 13.0. The molecule has 2 N–H and O–H groups in total. The molecule has 2 fully saturated rings. The number of likely N-dealkylation sites (tertiary alicyclic amines) is 1. The Labute approximate surface area is 194 Å². The predicted molar refractivity (Wildman–Crippen MR) is 125 cm³/mol. The first-order chi connectivity index (χ1) is 15.9. The lowest BCUT2D eigenvalue weighted by Crippen LogP contribution is -2.54. The number of carbonyl (C=O) groups is 3. The lowest BCUT2D eigenvalue weighted by atomic mass is 9.88. The van der Waals surface area contributed by atoms with E-state index in [1.54, 1.807) is 31.4 Å². The number of methoxy groups -OCH3 is 1. The molecular formula is C26H31N3O4. The van der Waals surface area contributed by atoms with Crippen LogP contribution in [0.25, 0.3) is 0 Å². The summed E-state index contributed by atoms with van der Waals surface area (Å²) in [4.78, 5) is 40.6. The molecule has 2 aromatic rings. The van der Waals surface area contributed by atoms with Crippen molar-refractivity contribution in [2.75, 3.05) is 20.2 Å². The molecule has 0 radical (unpaired) electrons. The molecule has 7 heteroatoms. The highest BCUT2D eigenvalue weighted by Gasteiger charge is 2.36. The summed E-state index contributed by atoms with van der Waals surface area (Å²) in [7, 11) is 1.57. The van der Waals surface area contributed by atoms with Gasteiger partial charge in [0, 0.05) is 30.3 Å². The first kappa shape index (κ1) is 22.8. The van der Waals surface area contributed by atoms with E-state index in [4.69, 9.17) is 4.74 Å². The fourth-order valence-electron chi connectivity index (χ4n) is 4.28. The van der Waals surface area contributed by atoms with Gasteiger partial charge in [0.2, 0.25) is 5.91 Å². The maximum atomic E-state index is 13.0. The van der Waals surface area contributed by atoms with Crippen molar-refractivity contribution < 1.29 is 19.1 Å². The molecule has 0 bridgehead atoms. The maximum Gasteiger partial charge on any atom is 0.253 e. The number of aryl methyl sites for hydroxylation is 1. The van der Waals surface area contributed by atoms with Gasteiger partial charge in [-0.2, -0.15) is 0 Å². The SMILES string of the molecule is COc1ccc(C(=O)NC(C(=O)NC2CC2)C2CCN(C(=O)c3cccc(C)c3)CC2)cc1. The number of amides is 3. The zero-order chi connectivity index (χ0) is 23.4. The number of hydrogen-bond acceptors (Lipinski definition) is 4. The molecule has 1 atom stereocenters. The van der Waals surface area contributed by atoms with Gasteiger partial charge in [-0.3, -0.25) is 14.4 Å². The third-order valence-electron chi connectivity index (χ3n) is 6.41. The Balaban J connectivity index is 1.42. The molecule has 1 saturated heterocycles. The molecule has 3 amide bonds. The van der Waals surface area contributed by atoms with E-state index in [1.165, 1.54) is 0 Å². The second-order valence-corrected chi connectivity index (χ2v) is 8.96. The van der Waals surface area contributed by atoms with Crippen LogP contribution in [0, 0.1) is 12.8 Å². The first-order valence-corrected chi connectivity index (χ1v) is 11.6. The van der Waals surface area contributed by atoms with E-state index in [9.17, 15) is 14.4 Å². The summed E-state index contributed by atoms with van der Waals surface area (Å²) in [6.45, 7) is 3.09. The number of rotatable bonds is 7. The number of ether oxygens (including phenoxy) is 1.